The average Bonchev–Trinajstić information content (AvgIpc) is 0.766. The van der Waals surface area contributed by atoms with Crippen LogP contribution in [0.2, 0.25) is 5.02 Å². The molecular formula is C87H124ClF7O17S7. The Morgan fingerprint density at radius 2 is 0.630 bits per heavy atom. The number of sulfone groups is 7. The summed E-state index contributed by atoms with van der Waals surface area (Å²) < 4.78 is 254. The first-order chi connectivity index (χ1) is 52.9. The molecule has 7 rings (SSSR count). The molecule has 0 aliphatic heterocycles. The standard InChI is InChI=1S/C14H22O2S.C13H19FO3S.2C13H20O3S.C12H16F2O2S.C11H14ClFO2S.C11H13F3O2S/c1-10(2)11-7-8-13(17(6,15)16)12(9-11)14(3,4)5;1-8(2)9-6-7-10(18(5,16)17)11(12(9)14)13(3,4)15;1-9(2)11-7-6-10(17(5,15)16)8-12(11)13(3,4)14;1-9(2)10-6-7-12(17(5,15)16)11(8-10)13(3,4)14;1-8(2)9-5-6-11(17(4,15)16)10(7-9)12(3,13)14;1-7(2)8-4-9(6-13)11(10(12)5-8)16(3,14)15;1-7(2)8-4-5-10(17(3,15)16)9(6-8)11(12,13)14/h7-10H,1-6H3;6-8,15H,1-5H3;2*6-9,14H,1-5H3;5-8H,1-4H3;4-5,7H,6H2,1-3H3;4-7H,1-3H3. The lowest BCUT2D eigenvalue weighted by Crippen LogP contribution is -2.23. The molecule has 0 saturated carbocycles. The van der Waals surface area contributed by atoms with Crippen LogP contribution < -0.4 is 0 Å². The number of hydrogen-bond acceptors (Lipinski definition) is 17. The highest BCUT2D eigenvalue weighted by Gasteiger charge is 2.38. The molecule has 7 aromatic rings. The average molecular weight is 1830 g/mol. The Balaban J connectivity index is 0.000000694. The van der Waals surface area contributed by atoms with E-state index in [2.05, 4.69) is 13.8 Å². The normalized spacial score (nSPS) is 13.0. The molecule has 7 aromatic carbocycles. The van der Waals surface area contributed by atoms with E-state index in [-0.39, 0.29) is 75.6 Å². The summed E-state index contributed by atoms with van der Waals surface area (Å²) in [6.07, 6.45) is 2.68. The molecular weight excluding hydrogens is 1710 g/mol. The second-order valence-corrected chi connectivity index (χ2v) is 48.8. The lowest BCUT2D eigenvalue weighted by molar-refractivity contribution is -0.140. The van der Waals surface area contributed by atoms with Gasteiger partial charge in [0.2, 0.25) is 0 Å². The van der Waals surface area contributed by atoms with Crippen molar-refractivity contribution in [1.82, 2.24) is 0 Å². The molecule has 0 aromatic heterocycles. The zero-order chi connectivity index (χ0) is 94.0. The number of alkyl halides is 6. The fourth-order valence-corrected chi connectivity index (χ4v) is 19.1. The lowest BCUT2D eigenvalue weighted by atomic mass is 9.85. The van der Waals surface area contributed by atoms with Gasteiger partial charge >= 0.3 is 6.18 Å². The minimum atomic E-state index is -4.66. The highest BCUT2D eigenvalue weighted by molar-refractivity contribution is 7.92. The summed E-state index contributed by atoms with van der Waals surface area (Å²) in [6, 6.07) is 29.2. The van der Waals surface area contributed by atoms with Crippen LogP contribution in [0.3, 0.4) is 0 Å². The van der Waals surface area contributed by atoms with Gasteiger partial charge in [0, 0.05) is 73.0 Å². The third kappa shape index (κ3) is 33.8. The highest BCUT2D eigenvalue weighted by atomic mass is 35.5. The van der Waals surface area contributed by atoms with Gasteiger partial charge in [0.25, 0.3) is 5.92 Å². The van der Waals surface area contributed by atoms with Crippen LogP contribution in [0.1, 0.15) is 285 Å². The predicted molar refractivity (Wildman–Crippen MR) is 464 cm³/mol. The van der Waals surface area contributed by atoms with E-state index in [1.165, 1.54) is 62.3 Å². The van der Waals surface area contributed by atoms with E-state index in [1.807, 2.05) is 102 Å². The van der Waals surface area contributed by atoms with Crippen molar-refractivity contribution in [2.45, 2.75) is 283 Å². The molecule has 0 atom stereocenters. The first kappa shape index (κ1) is 111. The minimum Gasteiger partial charge on any atom is -0.386 e. The van der Waals surface area contributed by atoms with Gasteiger partial charge in [-0.05, 0) is 199 Å². The van der Waals surface area contributed by atoms with Gasteiger partial charge < -0.3 is 15.3 Å². The third-order valence-corrected chi connectivity index (χ3v) is 26.9. The van der Waals surface area contributed by atoms with Crippen molar-refractivity contribution >= 4 is 80.5 Å². The van der Waals surface area contributed by atoms with Crippen LogP contribution >= 0.6 is 11.6 Å². The molecule has 3 N–H and O–H groups in total. The molecule has 0 fully saturated rings. The Morgan fingerprint density at radius 1 is 0.328 bits per heavy atom. The summed E-state index contributed by atoms with van der Waals surface area (Å²) in [5.74, 6) is -2.78. The topological polar surface area (TPSA) is 300 Å². The first-order valence-electron chi connectivity index (χ1n) is 37.8. The predicted octanol–water partition coefficient (Wildman–Crippen LogP) is 20.9. The van der Waals surface area contributed by atoms with Crippen LogP contribution in [0, 0.1) is 5.82 Å². The van der Waals surface area contributed by atoms with E-state index in [4.69, 9.17) is 11.6 Å². The molecule has 0 bridgehead atoms. The molecule has 0 radical (unpaired) electrons. The van der Waals surface area contributed by atoms with E-state index in [1.54, 1.807) is 102 Å². The summed E-state index contributed by atoms with van der Waals surface area (Å²) >= 11 is 5.90. The molecule has 0 heterocycles. The summed E-state index contributed by atoms with van der Waals surface area (Å²) in [5.41, 5.74) is 2.19. The Kier molecular flexibility index (Phi) is 38.7. The van der Waals surface area contributed by atoms with Crippen LogP contribution in [0.4, 0.5) is 30.7 Å². The minimum absolute atomic E-state index is 0.0738. The summed E-state index contributed by atoms with van der Waals surface area (Å²) in [4.78, 5) is -0.315. The molecule has 17 nitrogen and oxygen atoms in total. The molecule has 0 unspecified atom stereocenters. The second-order valence-electron chi connectivity index (χ2n) is 34.5. The van der Waals surface area contributed by atoms with Crippen molar-refractivity contribution < 1.29 is 105 Å². The van der Waals surface area contributed by atoms with Crippen LogP contribution in [0.25, 0.3) is 0 Å². The maximum absolute atomic E-state index is 14.4. The Labute approximate surface area is 710 Å². The Bertz CT molecular complexity index is 5140. The van der Waals surface area contributed by atoms with Crippen LogP contribution in [0.5, 0.6) is 0 Å². The van der Waals surface area contributed by atoms with Crippen LogP contribution in [-0.2, 0) is 110 Å². The Hall–Kier alpha value is -6.13. The lowest BCUT2D eigenvalue weighted by Gasteiger charge is -2.24. The van der Waals surface area contributed by atoms with E-state index in [9.17, 15) is 105 Å². The quantitative estimate of drug-likeness (QED) is 0.0634. The van der Waals surface area contributed by atoms with Gasteiger partial charge in [-0.25, -0.2) is 76.5 Å². The molecule has 0 aliphatic carbocycles. The molecule has 0 aliphatic rings. The number of rotatable bonds is 19. The summed E-state index contributed by atoms with van der Waals surface area (Å²) in [6.45, 7) is 42.4. The third-order valence-electron chi connectivity index (χ3n) is 18.3. The molecule has 672 valence electrons. The Morgan fingerprint density at radius 3 is 0.908 bits per heavy atom. The maximum atomic E-state index is 14.4. The SMILES string of the molecule is CC(C)c1cc(Cl)c(S(C)(=O)=O)c(CF)c1.CC(C)c1ccc(S(C)(=O)=O)c(C(C)(C)C)c1.CC(C)c1ccc(S(C)(=O)=O)c(C(C)(C)O)c1.CC(C)c1ccc(S(C)(=O)=O)c(C(C)(C)O)c1F.CC(C)c1ccc(S(C)(=O)=O)c(C(C)(F)F)c1.CC(C)c1ccc(S(C)(=O)=O)c(C(F)(F)F)c1.CC(C)c1ccc(S(C)(=O)=O)cc1C(C)(C)O. The van der Waals surface area contributed by atoms with Crippen molar-refractivity contribution in [2.24, 2.45) is 0 Å². The molecule has 0 amide bonds. The summed E-state index contributed by atoms with van der Waals surface area (Å²) in [5, 5.41) is 30.3. The van der Waals surface area contributed by atoms with E-state index in [0.717, 1.165) is 65.7 Å². The van der Waals surface area contributed by atoms with Gasteiger partial charge in [-0.1, -0.05) is 184 Å². The largest absolute Gasteiger partial charge is 0.417 e. The smallest absolute Gasteiger partial charge is 0.386 e. The number of benzene rings is 7. The van der Waals surface area contributed by atoms with E-state index in [0.29, 0.717) is 51.5 Å². The van der Waals surface area contributed by atoms with Crippen LogP contribution in [0.15, 0.2) is 150 Å². The zero-order valence-corrected chi connectivity index (χ0v) is 80.6. The van der Waals surface area contributed by atoms with Gasteiger partial charge in [0.15, 0.2) is 68.9 Å². The van der Waals surface area contributed by atoms with E-state index >= 15 is 0 Å². The molecule has 119 heavy (non-hydrogen) atoms. The molecule has 0 spiro atoms. The van der Waals surface area contributed by atoms with Crippen molar-refractivity contribution in [3.8, 4) is 0 Å². The van der Waals surface area contributed by atoms with Gasteiger partial charge in [-0.3, -0.25) is 0 Å². The highest BCUT2D eigenvalue weighted by Crippen LogP contribution is 2.41. The number of halogens is 8. The van der Waals surface area contributed by atoms with Gasteiger partial charge in [0.05, 0.1) is 61.7 Å². The molecule has 0 saturated heterocycles. The number of aliphatic hydroxyl groups is 3. The van der Waals surface area contributed by atoms with Crippen molar-refractivity contribution in [3.05, 3.63) is 204 Å². The van der Waals surface area contributed by atoms with Crippen molar-refractivity contribution in [2.75, 3.05) is 43.8 Å². The van der Waals surface area contributed by atoms with Gasteiger partial charge in [-0.2, -0.15) is 13.2 Å². The van der Waals surface area contributed by atoms with E-state index < -0.39 is 126 Å². The zero-order valence-electron chi connectivity index (χ0n) is 74.2. The fraction of sp³-hybridized carbons (Fsp3) is 0.517. The van der Waals surface area contributed by atoms with Crippen molar-refractivity contribution in [1.29, 1.82) is 0 Å². The van der Waals surface area contributed by atoms with Gasteiger partial charge in [-0.15, -0.1) is 0 Å². The fourth-order valence-electron chi connectivity index (χ4n) is 11.8. The van der Waals surface area contributed by atoms with Gasteiger partial charge in [0.1, 0.15) is 12.5 Å². The maximum Gasteiger partial charge on any atom is 0.417 e. The summed E-state index contributed by atoms with van der Waals surface area (Å²) in [7, 11) is -24.3. The first-order valence-corrected chi connectivity index (χ1v) is 51.5. The molecule has 32 heteroatoms. The second kappa shape index (κ2) is 41.6. The van der Waals surface area contributed by atoms with Crippen LogP contribution in [-0.4, -0.2) is 118 Å². The van der Waals surface area contributed by atoms with Crippen molar-refractivity contribution in [3.63, 3.8) is 0 Å². The number of hydrogen-bond donors (Lipinski definition) is 3. The monoisotopic (exact) mass is 1830 g/mol.